The van der Waals surface area contributed by atoms with Crippen LogP contribution in [0.3, 0.4) is 0 Å². The summed E-state index contributed by atoms with van der Waals surface area (Å²) < 4.78 is 1.91. The molecular weight excluding hydrogens is 251 g/mol. The Hall–Kier alpha value is -0.120. The van der Waals surface area contributed by atoms with Gasteiger partial charge < -0.3 is 0 Å². The first-order valence-electron chi connectivity index (χ1n) is 3.78. The van der Waals surface area contributed by atoms with Crippen LogP contribution in [-0.4, -0.2) is 5.78 Å². The Bertz CT molecular complexity index is 204. The van der Waals surface area contributed by atoms with Gasteiger partial charge in [-0.05, 0) is 35.8 Å². The number of halogens is 1. The van der Waals surface area contributed by atoms with Gasteiger partial charge in [0.2, 0.25) is 0 Å². The fraction of sp³-hybridized carbons (Fsp3) is 0.444. The summed E-state index contributed by atoms with van der Waals surface area (Å²) in [5.74, 6) is 0.258. The Morgan fingerprint density at radius 2 is 2.00 bits per heavy atom. The molecule has 0 radical (unpaired) electrons. The molecule has 1 fully saturated rings. The third-order valence-corrected chi connectivity index (χ3v) is 2.71. The highest BCUT2D eigenvalue weighted by atomic mass is 127. The van der Waals surface area contributed by atoms with Gasteiger partial charge in [-0.15, -0.1) is 0 Å². The number of Topliss-reactive ketones (excluding diaryl/α,β-unsaturated/α-hetero) is 1. The Kier molecular flexibility index (Phi) is 3.30. The van der Waals surface area contributed by atoms with E-state index in [2.05, 4.69) is 22.6 Å². The highest BCUT2D eigenvalue weighted by molar-refractivity contribution is 14.1. The fourth-order valence-electron chi connectivity index (χ4n) is 1.28. The van der Waals surface area contributed by atoms with Crippen molar-refractivity contribution in [3.05, 3.63) is 21.3 Å². The van der Waals surface area contributed by atoms with Crippen LogP contribution in [0.1, 0.15) is 26.2 Å². The van der Waals surface area contributed by atoms with Gasteiger partial charge in [-0.3, -0.25) is 4.79 Å². The van der Waals surface area contributed by atoms with Crippen LogP contribution in [-0.2, 0) is 4.79 Å². The summed E-state index contributed by atoms with van der Waals surface area (Å²) in [7, 11) is 0. The van der Waals surface area contributed by atoms with Crippen molar-refractivity contribution < 1.29 is 4.79 Å². The van der Waals surface area contributed by atoms with Gasteiger partial charge in [-0.1, -0.05) is 28.7 Å². The standard InChI is InChI=1S/C9H11IO/c1-2-7-4-3-5-8(6-10)9(7)11/h2,6H,3-5H2,1H3/b7-2+,8-6+. The molecule has 2 heteroatoms. The summed E-state index contributed by atoms with van der Waals surface area (Å²) in [5, 5.41) is 0. The molecule has 60 valence electrons. The van der Waals surface area contributed by atoms with Crippen LogP contribution < -0.4 is 0 Å². The predicted molar refractivity (Wildman–Crippen MR) is 54.7 cm³/mol. The molecule has 1 nitrogen and oxygen atoms in total. The Morgan fingerprint density at radius 3 is 2.55 bits per heavy atom. The molecule has 1 rings (SSSR count). The molecule has 11 heavy (non-hydrogen) atoms. The van der Waals surface area contributed by atoms with Crippen LogP contribution in [0.25, 0.3) is 0 Å². The summed E-state index contributed by atoms with van der Waals surface area (Å²) in [5.41, 5.74) is 1.96. The third kappa shape index (κ3) is 1.92. The van der Waals surface area contributed by atoms with Crippen LogP contribution in [0.15, 0.2) is 21.3 Å². The maximum Gasteiger partial charge on any atom is 0.185 e. The fourth-order valence-corrected chi connectivity index (χ4v) is 1.88. The highest BCUT2D eigenvalue weighted by Crippen LogP contribution is 2.25. The molecule has 0 atom stereocenters. The van der Waals surface area contributed by atoms with Gasteiger partial charge in [0.05, 0.1) is 0 Å². The van der Waals surface area contributed by atoms with Gasteiger partial charge in [-0.2, -0.15) is 0 Å². The van der Waals surface area contributed by atoms with E-state index in [-0.39, 0.29) is 5.78 Å². The maximum atomic E-state index is 11.4. The van der Waals surface area contributed by atoms with Crippen molar-refractivity contribution in [2.45, 2.75) is 26.2 Å². The van der Waals surface area contributed by atoms with E-state index in [4.69, 9.17) is 0 Å². The van der Waals surface area contributed by atoms with Gasteiger partial charge in [0.1, 0.15) is 0 Å². The van der Waals surface area contributed by atoms with Crippen molar-refractivity contribution in [1.82, 2.24) is 0 Å². The van der Waals surface area contributed by atoms with Crippen molar-refractivity contribution >= 4 is 28.4 Å². The van der Waals surface area contributed by atoms with E-state index in [0.717, 1.165) is 30.4 Å². The summed E-state index contributed by atoms with van der Waals surface area (Å²) in [6.07, 6.45) is 4.98. The summed E-state index contributed by atoms with van der Waals surface area (Å²) >= 11 is 2.14. The second-order valence-corrected chi connectivity index (χ2v) is 3.25. The SMILES string of the molecule is C/C=C1\CCC/C(=C\I)C1=O. The monoisotopic (exact) mass is 262 g/mol. The van der Waals surface area contributed by atoms with Gasteiger partial charge in [-0.25, -0.2) is 0 Å². The smallest absolute Gasteiger partial charge is 0.185 e. The zero-order valence-corrected chi connectivity index (χ0v) is 8.72. The van der Waals surface area contributed by atoms with E-state index in [9.17, 15) is 4.79 Å². The van der Waals surface area contributed by atoms with Crippen LogP contribution in [0.4, 0.5) is 0 Å². The maximum absolute atomic E-state index is 11.4. The number of rotatable bonds is 0. The first-order chi connectivity index (χ1) is 5.29. The van der Waals surface area contributed by atoms with Crippen molar-refractivity contribution in [2.24, 2.45) is 0 Å². The average Bonchev–Trinajstić information content (AvgIpc) is 2.05. The van der Waals surface area contributed by atoms with Gasteiger partial charge in [0, 0.05) is 5.57 Å². The molecular formula is C9H11IO. The van der Waals surface area contributed by atoms with Crippen molar-refractivity contribution in [1.29, 1.82) is 0 Å². The lowest BCUT2D eigenvalue weighted by Crippen LogP contribution is -2.11. The highest BCUT2D eigenvalue weighted by Gasteiger charge is 2.18. The number of hydrogen-bond acceptors (Lipinski definition) is 1. The van der Waals surface area contributed by atoms with E-state index in [0.29, 0.717) is 0 Å². The van der Waals surface area contributed by atoms with Crippen LogP contribution in [0, 0.1) is 0 Å². The van der Waals surface area contributed by atoms with Gasteiger partial charge in [0.15, 0.2) is 5.78 Å². The quantitative estimate of drug-likeness (QED) is 0.484. The predicted octanol–water partition coefficient (Wildman–Crippen LogP) is 3.00. The van der Waals surface area contributed by atoms with E-state index in [1.54, 1.807) is 0 Å². The normalized spacial score (nSPS) is 26.5. The van der Waals surface area contributed by atoms with Gasteiger partial charge >= 0.3 is 0 Å². The number of carbonyl (C=O) groups excluding carboxylic acids is 1. The first kappa shape index (κ1) is 8.97. The summed E-state index contributed by atoms with van der Waals surface area (Å²) in [6.45, 7) is 1.93. The Morgan fingerprint density at radius 1 is 1.36 bits per heavy atom. The van der Waals surface area contributed by atoms with Crippen molar-refractivity contribution in [3.63, 3.8) is 0 Å². The molecule has 0 aromatic heterocycles. The van der Waals surface area contributed by atoms with Crippen LogP contribution >= 0.6 is 22.6 Å². The lowest BCUT2D eigenvalue weighted by atomic mass is 9.90. The molecule has 0 aromatic rings. The van der Waals surface area contributed by atoms with Gasteiger partial charge in [0.25, 0.3) is 0 Å². The number of ketones is 1. The molecule has 0 amide bonds. The molecule has 0 aliphatic heterocycles. The number of allylic oxidation sites excluding steroid dienone is 3. The number of hydrogen-bond donors (Lipinski definition) is 0. The van der Waals surface area contributed by atoms with E-state index in [1.807, 2.05) is 17.1 Å². The molecule has 1 aliphatic rings. The second kappa shape index (κ2) is 4.04. The minimum atomic E-state index is 0.258. The van der Waals surface area contributed by atoms with Crippen molar-refractivity contribution in [3.8, 4) is 0 Å². The molecule has 0 bridgehead atoms. The Labute approximate surface area is 80.7 Å². The van der Waals surface area contributed by atoms with Crippen LogP contribution in [0.2, 0.25) is 0 Å². The lowest BCUT2D eigenvalue weighted by Gasteiger charge is -2.14. The first-order valence-corrected chi connectivity index (χ1v) is 5.03. The van der Waals surface area contributed by atoms with Crippen molar-refractivity contribution in [2.75, 3.05) is 0 Å². The lowest BCUT2D eigenvalue weighted by molar-refractivity contribution is -0.113. The largest absolute Gasteiger partial charge is 0.289 e. The topological polar surface area (TPSA) is 17.1 Å². The van der Waals surface area contributed by atoms with E-state index >= 15 is 0 Å². The molecule has 1 saturated carbocycles. The third-order valence-electron chi connectivity index (χ3n) is 1.96. The molecule has 1 aliphatic carbocycles. The second-order valence-electron chi connectivity index (χ2n) is 2.63. The molecule has 0 saturated heterocycles. The minimum Gasteiger partial charge on any atom is -0.289 e. The molecule has 0 unspecified atom stereocenters. The summed E-state index contributed by atoms with van der Waals surface area (Å²) in [4.78, 5) is 11.4. The van der Waals surface area contributed by atoms with Crippen LogP contribution in [0.5, 0.6) is 0 Å². The number of carbonyl (C=O) groups is 1. The molecule has 0 spiro atoms. The molecule has 0 heterocycles. The average molecular weight is 262 g/mol. The Balaban J connectivity index is 2.84. The minimum absolute atomic E-state index is 0.258. The zero-order valence-electron chi connectivity index (χ0n) is 6.56. The van der Waals surface area contributed by atoms with E-state index in [1.165, 1.54) is 0 Å². The molecule has 0 N–H and O–H groups in total. The molecule has 0 aromatic carbocycles. The van der Waals surface area contributed by atoms with E-state index < -0.39 is 0 Å². The zero-order chi connectivity index (χ0) is 8.27. The summed E-state index contributed by atoms with van der Waals surface area (Å²) in [6, 6.07) is 0.